The number of benzene rings is 2. The van der Waals surface area contributed by atoms with Gasteiger partial charge in [0.05, 0.1) is 12.1 Å². The summed E-state index contributed by atoms with van der Waals surface area (Å²) in [5.41, 5.74) is 1.57. The number of thiazole rings is 1. The second-order valence-corrected chi connectivity index (χ2v) is 7.51. The van der Waals surface area contributed by atoms with E-state index in [0.29, 0.717) is 22.0 Å². The SMILES string of the molecule is CN(C)C(=O)[C@H](OC(=O)Cc1csc(NC(=O)c2ccccc2)n1)c1ccccc1. The Hall–Kier alpha value is -3.52. The van der Waals surface area contributed by atoms with E-state index in [9.17, 15) is 14.4 Å². The first-order chi connectivity index (χ1) is 14.4. The molecular weight excluding hydrogens is 402 g/mol. The van der Waals surface area contributed by atoms with E-state index in [0.717, 1.165) is 0 Å². The van der Waals surface area contributed by atoms with Crippen molar-refractivity contribution in [3.63, 3.8) is 0 Å². The molecule has 1 N–H and O–H groups in total. The van der Waals surface area contributed by atoms with Crippen molar-refractivity contribution in [2.45, 2.75) is 12.5 Å². The Morgan fingerprint density at radius 3 is 2.30 bits per heavy atom. The Morgan fingerprint density at radius 1 is 1.03 bits per heavy atom. The van der Waals surface area contributed by atoms with Crippen molar-refractivity contribution in [2.75, 3.05) is 19.4 Å². The maximum Gasteiger partial charge on any atom is 0.313 e. The van der Waals surface area contributed by atoms with E-state index in [4.69, 9.17) is 4.74 Å². The van der Waals surface area contributed by atoms with Gasteiger partial charge in [-0.05, 0) is 12.1 Å². The largest absolute Gasteiger partial charge is 0.447 e. The van der Waals surface area contributed by atoms with Crippen LogP contribution in [-0.2, 0) is 20.7 Å². The summed E-state index contributed by atoms with van der Waals surface area (Å²) in [4.78, 5) is 42.8. The molecule has 7 nitrogen and oxygen atoms in total. The van der Waals surface area contributed by atoms with Crippen molar-refractivity contribution in [2.24, 2.45) is 0 Å². The minimum Gasteiger partial charge on any atom is -0.447 e. The molecular formula is C22H21N3O4S. The summed E-state index contributed by atoms with van der Waals surface area (Å²) in [6, 6.07) is 17.6. The minimum absolute atomic E-state index is 0.109. The number of rotatable bonds is 7. The normalized spacial score (nSPS) is 11.4. The Balaban J connectivity index is 1.64. The van der Waals surface area contributed by atoms with E-state index in [1.54, 1.807) is 68.0 Å². The molecule has 154 valence electrons. The van der Waals surface area contributed by atoms with E-state index in [1.807, 2.05) is 12.1 Å². The molecule has 3 aromatic rings. The average Bonchev–Trinajstić information content (AvgIpc) is 3.19. The number of hydrogen-bond acceptors (Lipinski definition) is 6. The van der Waals surface area contributed by atoms with Crippen molar-refractivity contribution in [1.82, 2.24) is 9.88 Å². The molecule has 2 amide bonds. The van der Waals surface area contributed by atoms with Gasteiger partial charge in [0, 0.05) is 30.6 Å². The third kappa shape index (κ3) is 5.51. The summed E-state index contributed by atoms with van der Waals surface area (Å²) in [5, 5.41) is 4.77. The van der Waals surface area contributed by atoms with Crippen molar-refractivity contribution in [3.8, 4) is 0 Å². The quantitative estimate of drug-likeness (QED) is 0.589. The molecule has 0 aliphatic carbocycles. The molecule has 0 bridgehead atoms. The van der Waals surface area contributed by atoms with Crippen LogP contribution in [0.25, 0.3) is 0 Å². The number of aromatic nitrogens is 1. The minimum atomic E-state index is -1.02. The van der Waals surface area contributed by atoms with Crippen LogP contribution >= 0.6 is 11.3 Å². The van der Waals surface area contributed by atoms with Crippen LogP contribution in [0.1, 0.15) is 27.7 Å². The number of hydrogen-bond donors (Lipinski definition) is 1. The number of amides is 2. The monoisotopic (exact) mass is 423 g/mol. The zero-order chi connectivity index (χ0) is 21.5. The van der Waals surface area contributed by atoms with Crippen LogP contribution < -0.4 is 5.32 Å². The molecule has 0 aliphatic rings. The highest BCUT2D eigenvalue weighted by molar-refractivity contribution is 7.14. The number of carbonyl (C=O) groups excluding carboxylic acids is 3. The second-order valence-electron chi connectivity index (χ2n) is 6.65. The molecule has 0 saturated heterocycles. The van der Waals surface area contributed by atoms with Crippen LogP contribution in [0.4, 0.5) is 5.13 Å². The van der Waals surface area contributed by atoms with E-state index in [1.165, 1.54) is 16.2 Å². The average molecular weight is 423 g/mol. The third-order valence-corrected chi connectivity index (χ3v) is 4.96. The van der Waals surface area contributed by atoms with Gasteiger partial charge < -0.3 is 9.64 Å². The number of nitrogens with one attached hydrogen (secondary N) is 1. The number of carbonyl (C=O) groups is 3. The lowest BCUT2D eigenvalue weighted by Crippen LogP contribution is -2.31. The van der Waals surface area contributed by atoms with Gasteiger partial charge in [-0.2, -0.15) is 0 Å². The van der Waals surface area contributed by atoms with Crippen LogP contribution in [0, 0.1) is 0 Å². The fourth-order valence-corrected chi connectivity index (χ4v) is 3.35. The Bertz CT molecular complexity index is 1020. The zero-order valence-electron chi connectivity index (χ0n) is 16.6. The predicted molar refractivity (Wildman–Crippen MR) is 114 cm³/mol. The molecule has 1 aromatic heterocycles. The number of ether oxygens (including phenoxy) is 1. The molecule has 0 spiro atoms. The number of likely N-dealkylation sites (N-methyl/N-ethyl adjacent to an activating group) is 1. The highest BCUT2D eigenvalue weighted by Crippen LogP contribution is 2.22. The highest BCUT2D eigenvalue weighted by atomic mass is 32.1. The fraction of sp³-hybridized carbons (Fsp3) is 0.182. The molecule has 0 aliphatic heterocycles. The van der Waals surface area contributed by atoms with Crippen molar-refractivity contribution in [1.29, 1.82) is 0 Å². The Labute approximate surface area is 178 Å². The van der Waals surface area contributed by atoms with Crippen LogP contribution in [0.15, 0.2) is 66.0 Å². The molecule has 1 heterocycles. The van der Waals surface area contributed by atoms with Gasteiger partial charge in [0.15, 0.2) is 5.13 Å². The van der Waals surface area contributed by atoms with Crippen molar-refractivity contribution in [3.05, 3.63) is 82.9 Å². The second kappa shape index (κ2) is 9.80. The summed E-state index contributed by atoms with van der Waals surface area (Å²) in [6.45, 7) is 0. The highest BCUT2D eigenvalue weighted by Gasteiger charge is 2.26. The fourth-order valence-electron chi connectivity index (χ4n) is 2.65. The predicted octanol–water partition coefficient (Wildman–Crippen LogP) is 3.31. The Kier molecular flexibility index (Phi) is 6.92. The lowest BCUT2D eigenvalue weighted by Gasteiger charge is -2.21. The topological polar surface area (TPSA) is 88.6 Å². The summed E-state index contributed by atoms with van der Waals surface area (Å²) >= 11 is 1.21. The van der Waals surface area contributed by atoms with Gasteiger partial charge in [0.25, 0.3) is 11.8 Å². The summed E-state index contributed by atoms with van der Waals surface area (Å²) in [7, 11) is 3.21. The first kappa shape index (κ1) is 21.2. The molecule has 30 heavy (non-hydrogen) atoms. The Morgan fingerprint density at radius 2 is 1.67 bits per heavy atom. The summed E-state index contributed by atoms with van der Waals surface area (Å²) in [5.74, 6) is -1.19. The zero-order valence-corrected chi connectivity index (χ0v) is 17.4. The molecule has 2 aromatic carbocycles. The van der Waals surface area contributed by atoms with Crippen molar-refractivity contribution >= 4 is 34.3 Å². The molecule has 8 heteroatoms. The number of anilines is 1. The van der Waals surface area contributed by atoms with Gasteiger partial charge in [0.2, 0.25) is 6.10 Å². The number of esters is 1. The summed E-state index contributed by atoms with van der Waals surface area (Å²) in [6.07, 6.45) is -1.13. The summed E-state index contributed by atoms with van der Waals surface area (Å²) < 4.78 is 5.47. The van der Waals surface area contributed by atoms with E-state index in [-0.39, 0.29) is 18.2 Å². The molecule has 0 fully saturated rings. The van der Waals surface area contributed by atoms with Gasteiger partial charge in [-0.15, -0.1) is 11.3 Å². The van der Waals surface area contributed by atoms with Crippen molar-refractivity contribution < 1.29 is 19.1 Å². The lowest BCUT2D eigenvalue weighted by atomic mass is 10.1. The van der Waals surface area contributed by atoms with Crippen LogP contribution in [0.3, 0.4) is 0 Å². The molecule has 1 atom stereocenters. The standard InChI is InChI=1S/C22H21N3O4S/c1-25(2)21(28)19(15-9-5-3-6-10-15)29-18(26)13-17-14-30-22(23-17)24-20(27)16-11-7-4-8-12-16/h3-12,14,19H,13H2,1-2H3,(H,23,24,27)/t19-/m1/s1. The van der Waals surface area contributed by atoms with Gasteiger partial charge in [0.1, 0.15) is 0 Å². The smallest absolute Gasteiger partial charge is 0.313 e. The molecule has 3 rings (SSSR count). The third-order valence-electron chi connectivity index (χ3n) is 4.15. The van der Waals surface area contributed by atoms with Crippen LogP contribution in [0.2, 0.25) is 0 Å². The van der Waals surface area contributed by atoms with Gasteiger partial charge in [-0.3, -0.25) is 19.7 Å². The maximum absolute atomic E-state index is 12.5. The lowest BCUT2D eigenvalue weighted by molar-refractivity contribution is -0.159. The van der Waals surface area contributed by atoms with Gasteiger partial charge >= 0.3 is 5.97 Å². The molecule has 0 radical (unpaired) electrons. The van der Waals surface area contributed by atoms with Crippen LogP contribution in [-0.4, -0.2) is 41.8 Å². The number of nitrogens with zero attached hydrogens (tertiary/aromatic N) is 2. The van der Waals surface area contributed by atoms with Crippen LogP contribution in [0.5, 0.6) is 0 Å². The van der Waals surface area contributed by atoms with E-state index < -0.39 is 12.1 Å². The van der Waals surface area contributed by atoms with E-state index >= 15 is 0 Å². The molecule has 0 saturated carbocycles. The van der Waals surface area contributed by atoms with E-state index in [2.05, 4.69) is 10.3 Å². The van der Waals surface area contributed by atoms with Gasteiger partial charge in [-0.1, -0.05) is 48.5 Å². The first-order valence-corrected chi connectivity index (χ1v) is 10.1. The molecule has 0 unspecified atom stereocenters. The first-order valence-electron chi connectivity index (χ1n) is 9.20. The maximum atomic E-state index is 12.5. The van der Waals surface area contributed by atoms with Gasteiger partial charge in [-0.25, -0.2) is 4.98 Å².